The molecule has 0 spiro atoms. The maximum absolute atomic E-state index is 14.3. The molecule has 3 amide bonds. The van der Waals surface area contributed by atoms with E-state index in [2.05, 4.69) is 15.1 Å². The van der Waals surface area contributed by atoms with Crippen LogP contribution in [0.4, 0.5) is 18.9 Å². The smallest absolute Gasteiger partial charge is 0.363 e. The molecule has 5 rings (SSSR count). The zero-order chi connectivity index (χ0) is 33.5. The monoisotopic (exact) mass is 679 g/mol. The molecule has 4 aromatic rings. The first-order chi connectivity index (χ1) is 21.7. The molecule has 0 radical (unpaired) electrons. The van der Waals surface area contributed by atoms with Crippen LogP contribution in [0, 0.1) is 10.1 Å². The van der Waals surface area contributed by atoms with Crippen molar-refractivity contribution in [2.24, 2.45) is 12.8 Å². The molecule has 2 N–H and O–H groups in total. The van der Waals surface area contributed by atoms with Gasteiger partial charge < -0.3 is 20.1 Å². The second kappa shape index (κ2) is 12.4. The average molecular weight is 680 g/mol. The third-order valence-corrected chi connectivity index (χ3v) is 7.78. The molecule has 1 aliphatic rings. The highest BCUT2D eigenvalue weighted by molar-refractivity contribution is 6.34. The fourth-order valence-corrected chi connectivity index (χ4v) is 5.40. The van der Waals surface area contributed by atoms with Crippen LogP contribution in [0.5, 0.6) is 0 Å². The average Bonchev–Trinajstić information content (AvgIpc) is 3.62. The normalized spacial score (nSPS) is 13.6. The lowest BCUT2D eigenvalue weighted by molar-refractivity contribution is -0.385. The number of nitrogens with two attached hydrogens (primary N) is 1. The second-order valence-electron chi connectivity index (χ2n) is 10.0. The number of nitrogens with zero attached hydrogens (tertiary/aromatic N) is 8. The molecular formula is C27H22Cl2F3N9O5. The van der Waals surface area contributed by atoms with Gasteiger partial charge in [0, 0.05) is 51.1 Å². The van der Waals surface area contributed by atoms with Gasteiger partial charge in [-0.25, -0.2) is 14.6 Å². The molecule has 1 aliphatic heterocycles. The third kappa shape index (κ3) is 6.10. The van der Waals surface area contributed by atoms with Crippen LogP contribution in [0.1, 0.15) is 26.7 Å². The van der Waals surface area contributed by atoms with Gasteiger partial charge in [-0.05, 0) is 18.2 Å². The van der Waals surface area contributed by atoms with E-state index >= 15 is 0 Å². The molecule has 1 fully saturated rings. The highest BCUT2D eigenvalue weighted by Gasteiger charge is 2.40. The Kier molecular flexibility index (Phi) is 8.72. The van der Waals surface area contributed by atoms with Crippen LogP contribution in [-0.4, -0.2) is 88.8 Å². The number of pyridine rings is 1. The number of piperazine rings is 1. The number of rotatable bonds is 7. The molecule has 14 nitrogen and oxygen atoms in total. The van der Waals surface area contributed by atoms with Crippen molar-refractivity contribution in [2.45, 2.75) is 6.18 Å². The number of carbonyl (C=O) groups excluding carboxylic acids is 3. The SMILES string of the molecule is Cn1c(C(N)=O)nc(-c2ccc(C(=O)N3CCN(C(=O)CCl)CC3)c(Cl)c2)c1-c1cn(-c2ccc([N+](=O)[O-])cn2)nc1C(F)(F)F. The van der Waals surface area contributed by atoms with Crippen LogP contribution in [-0.2, 0) is 18.0 Å². The summed E-state index contributed by atoms with van der Waals surface area (Å²) in [5, 5.41) is 14.6. The van der Waals surface area contributed by atoms with Crippen molar-refractivity contribution in [3.63, 3.8) is 0 Å². The van der Waals surface area contributed by atoms with Crippen LogP contribution < -0.4 is 5.73 Å². The second-order valence-corrected chi connectivity index (χ2v) is 10.7. The van der Waals surface area contributed by atoms with Crippen molar-refractivity contribution in [1.82, 2.24) is 34.1 Å². The van der Waals surface area contributed by atoms with Gasteiger partial charge in [0.15, 0.2) is 17.3 Å². The number of amides is 3. The largest absolute Gasteiger partial charge is 0.435 e. The predicted molar refractivity (Wildman–Crippen MR) is 157 cm³/mol. The number of hydrogen-bond donors (Lipinski definition) is 1. The molecule has 4 heterocycles. The van der Waals surface area contributed by atoms with Gasteiger partial charge in [0.25, 0.3) is 17.5 Å². The Balaban J connectivity index is 1.56. The lowest BCUT2D eigenvalue weighted by atomic mass is 10.0. The van der Waals surface area contributed by atoms with Crippen molar-refractivity contribution in [3.05, 3.63) is 74.9 Å². The van der Waals surface area contributed by atoms with E-state index < -0.39 is 34.2 Å². The summed E-state index contributed by atoms with van der Waals surface area (Å²) in [5.74, 6) is -2.41. The Labute approximate surface area is 267 Å². The fraction of sp³-hybridized carbons (Fsp3) is 0.259. The van der Waals surface area contributed by atoms with Crippen LogP contribution in [0.3, 0.4) is 0 Å². The first-order valence-electron chi connectivity index (χ1n) is 13.3. The van der Waals surface area contributed by atoms with Gasteiger partial charge in [-0.15, -0.1) is 11.6 Å². The summed E-state index contributed by atoms with van der Waals surface area (Å²) in [6.45, 7) is 1.04. The third-order valence-electron chi connectivity index (χ3n) is 7.24. The number of imidazole rings is 1. The Hall–Kier alpha value is -5.03. The van der Waals surface area contributed by atoms with Gasteiger partial charge in [0.1, 0.15) is 12.1 Å². The Morgan fingerprint density at radius 3 is 2.30 bits per heavy atom. The number of nitro groups is 1. The molecule has 1 aromatic carbocycles. The van der Waals surface area contributed by atoms with Crippen LogP contribution in [0.2, 0.25) is 5.02 Å². The minimum atomic E-state index is -5.00. The summed E-state index contributed by atoms with van der Waals surface area (Å²) in [6.07, 6.45) is -3.13. The van der Waals surface area contributed by atoms with Gasteiger partial charge in [0.2, 0.25) is 5.91 Å². The number of halogens is 5. The first-order valence-corrected chi connectivity index (χ1v) is 14.2. The maximum Gasteiger partial charge on any atom is 0.435 e. The van der Waals surface area contributed by atoms with E-state index in [1.54, 1.807) is 0 Å². The molecule has 0 saturated carbocycles. The van der Waals surface area contributed by atoms with Crippen molar-refractivity contribution >= 4 is 46.6 Å². The van der Waals surface area contributed by atoms with E-state index in [0.717, 1.165) is 33.8 Å². The Morgan fingerprint density at radius 2 is 1.76 bits per heavy atom. The van der Waals surface area contributed by atoms with E-state index in [1.165, 1.54) is 35.0 Å². The topological polar surface area (TPSA) is 175 Å². The summed E-state index contributed by atoms with van der Waals surface area (Å²) < 4.78 is 44.9. The summed E-state index contributed by atoms with van der Waals surface area (Å²) in [5.41, 5.74) is 3.17. The van der Waals surface area contributed by atoms with E-state index in [1.807, 2.05) is 0 Å². The lowest BCUT2D eigenvalue weighted by Gasteiger charge is -2.34. The molecular weight excluding hydrogens is 658 g/mol. The highest BCUT2D eigenvalue weighted by Crippen LogP contribution is 2.41. The number of primary amides is 1. The number of benzene rings is 1. The number of hydrogen-bond acceptors (Lipinski definition) is 8. The Morgan fingerprint density at radius 1 is 1.09 bits per heavy atom. The van der Waals surface area contributed by atoms with Crippen LogP contribution >= 0.6 is 23.2 Å². The van der Waals surface area contributed by atoms with Gasteiger partial charge in [-0.1, -0.05) is 17.7 Å². The van der Waals surface area contributed by atoms with Crippen molar-refractivity contribution < 1.29 is 32.5 Å². The number of alkyl halides is 4. The maximum atomic E-state index is 14.3. The molecule has 3 aromatic heterocycles. The zero-order valence-electron chi connectivity index (χ0n) is 23.7. The first kappa shape index (κ1) is 32.4. The fourth-order valence-electron chi connectivity index (χ4n) is 4.97. The summed E-state index contributed by atoms with van der Waals surface area (Å²) in [6, 6.07) is 6.31. The molecule has 0 bridgehead atoms. The van der Waals surface area contributed by atoms with Crippen molar-refractivity contribution in [3.8, 4) is 28.3 Å². The van der Waals surface area contributed by atoms with Crippen molar-refractivity contribution in [1.29, 1.82) is 0 Å². The summed E-state index contributed by atoms with van der Waals surface area (Å²) in [7, 11) is 1.29. The van der Waals surface area contributed by atoms with Gasteiger partial charge in [-0.2, -0.15) is 18.3 Å². The van der Waals surface area contributed by atoms with E-state index in [9.17, 15) is 37.7 Å². The van der Waals surface area contributed by atoms with Gasteiger partial charge >= 0.3 is 6.18 Å². The van der Waals surface area contributed by atoms with E-state index in [0.29, 0.717) is 0 Å². The molecule has 0 unspecified atom stereocenters. The molecule has 240 valence electrons. The Bertz CT molecular complexity index is 1870. The molecule has 46 heavy (non-hydrogen) atoms. The number of aromatic nitrogens is 5. The van der Waals surface area contributed by atoms with E-state index in [-0.39, 0.29) is 82.8 Å². The summed E-state index contributed by atoms with van der Waals surface area (Å²) >= 11 is 12.1. The zero-order valence-corrected chi connectivity index (χ0v) is 25.2. The summed E-state index contributed by atoms with van der Waals surface area (Å²) in [4.78, 5) is 58.7. The van der Waals surface area contributed by atoms with Crippen molar-refractivity contribution in [2.75, 3.05) is 32.1 Å². The lowest BCUT2D eigenvalue weighted by Crippen LogP contribution is -2.51. The quantitative estimate of drug-likeness (QED) is 0.175. The van der Waals surface area contributed by atoms with Crippen LogP contribution in [0.25, 0.3) is 28.3 Å². The predicted octanol–water partition coefficient (Wildman–Crippen LogP) is 3.54. The molecule has 0 aliphatic carbocycles. The minimum Gasteiger partial charge on any atom is -0.363 e. The minimum absolute atomic E-state index is 0.0409. The molecule has 1 saturated heterocycles. The van der Waals surface area contributed by atoms with E-state index in [4.69, 9.17) is 28.9 Å². The molecule has 19 heteroatoms. The van der Waals surface area contributed by atoms with Gasteiger partial charge in [0.05, 0.1) is 32.5 Å². The standard InChI is InChI=1S/C27H22Cl2F3N9O5/c1-37-22(17-13-40(36-23(17)27(30,31)32)19-5-3-15(12-34-19)41(45)46)21(35-25(37)24(33)43)14-2-4-16(18(29)10-14)26(44)39-8-6-38(7-9-39)20(42)11-28/h2-5,10,12-13H,6-9,11H2,1H3,(H2,33,43). The van der Waals surface area contributed by atoms with Crippen LogP contribution in [0.15, 0.2) is 42.7 Å². The number of carbonyl (C=O) groups is 3. The highest BCUT2D eigenvalue weighted by atomic mass is 35.5. The molecule has 0 atom stereocenters. The van der Waals surface area contributed by atoms with Gasteiger partial charge in [-0.3, -0.25) is 24.5 Å².